The van der Waals surface area contributed by atoms with Gasteiger partial charge in [0.05, 0.1) is 0 Å². The molecule has 1 atom stereocenters. The molecule has 1 N–H and O–H groups in total. The molecule has 0 aliphatic rings. The van der Waals surface area contributed by atoms with Crippen molar-refractivity contribution in [3.63, 3.8) is 0 Å². The van der Waals surface area contributed by atoms with Crippen LogP contribution in [0.15, 0.2) is 42.5 Å². The topological polar surface area (TPSA) is 20.2 Å². The lowest BCUT2D eigenvalue weighted by Crippen LogP contribution is -2.24. The van der Waals surface area contributed by atoms with Crippen LogP contribution in [-0.4, -0.2) is 5.11 Å². The quantitative estimate of drug-likeness (QED) is 0.868. The second kappa shape index (κ2) is 4.71. The molecule has 0 saturated carbocycles. The van der Waals surface area contributed by atoms with E-state index in [4.69, 9.17) is 11.6 Å². The van der Waals surface area contributed by atoms with Crippen LogP contribution in [0.4, 0.5) is 4.39 Å². The lowest BCUT2D eigenvalue weighted by atomic mass is 9.87. The van der Waals surface area contributed by atoms with Gasteiger partial charge in [-0.15, -0.1) is 0 Å². The van der Waals surface area contributed by atoms with Gasteiger partial charge in [-0.25, -0.2) is 4.39 Å². The number of hydrogen-bond donors (Lipinski definition) is 1. The summed E-state index contributed by atoms with van der Waals surface area (Å²) in [6.45, 7) is 3.44. The van der Waals surface area contributed by atoms with E-state index in [1.807, 2.05) is 13.0 Å². The molecule has 2 rings (SSSR count). The van der Waals surface area contributed by atoms with E-state index in [9.17, 15) is 9.50 Å². The average molecular weight is 265 g/mol. The normalized spacial score (nSPS) is 14.3. The van der Waals surface area contributed by atoms with Gasteiger partial charge in [-0.2, -0.15) is 0 Å². The fraction of sp³-hybridized carbons (Fsp3) is 0.200. The van der Waals surface area contributed by atoms with E-state index in [2.05, 4.69) is 0 Å². The van der Waals surface area contributed by atoms with Gasteiger partial charge >= 0.3 is 0 Å². The van der Waals surface area contributed by atoms with Gasteiger partial charge in [0, 0.05) is 10.6 Å². The number of aliphatic hydroxyl groups is 1. The van der Waals surface area contributed by atoms with Crippen molar-refractivity contribution in [1.82, 2.24) is 0 Å². The first-order chi connectivity index (χ1) is 8.43. The molecule has 2 aromatic carbocycles. The molecule has 0 aromatic heterocycles. The van der Waals surface area contributed by atoms with Gasteiger partial charge in [-0.1, -0.05) is 41.9 Å². The first-order valence-electron chi connectivity index (χ1n) is 5.67. The minimum absolute atomic E-state index is 0.241. The van der Waals surface area contributed by atoms with Gasteiger partial charge in [-0.3, -0.25) is 0 Å². The molecule has 0 spiro atoms. The molecule has 2 aromatic rings. The molecule has 0 bridgehead atoms. The van der Waals surface area contributed by atoms with Crippen LogP contribution in [0.3, 0.4) is 0 Å². The number of aryl methyl sites for hydroxylation is 1. The zero-order chi connectivity index (χ0) is 13.3. The highest BCUT2D eigenvalue weighted by Crippen LogP contribution is 2.32. The molecule has 0 heterocycles. The summed E-state index contributed by atoms with van der Waals surface area (Å²) in [5.74, 6) is -0.431. The van der Waals surface area contributed by atoms with E-state index in [0.717, 1.165) is 5.56 Å². The Balaban J connectivity index is 2.54. The van der Waals surface area contributed by atoms with Crippen molar-refractivity contribution >= 4 is 11.6 Å². The third-order valence-corrected chi connectivity index (χ3v) is 3.54. The smallest absolute Gasteiger partial charge is 0.129 e. The number of halogens is 2. The van der Waals surface area contributed by atoms with E-state index in [1.165, 1.54) is 6.07 Å². The van der Waals surface area contributed by atoms with Crippen LogP contribution in [0.1, 0.15) is 23.6 Å². The lowest BCUT2D eigenvalue weighted by Gasteiger charge is -2.25. The summed E-state index contributed by atoms with van der Waals surface area (Å²) < 4.78 is 13.8. The van der Waals surface area contributed by atoms with E-state index < -0.39 is 11.4 Å². The second-order valence-electron chi connectivity index (χ2n) is 4.52. The van der Waals surface area contributed by atoms with Crippen molar-refractivity contribution in [1.29, 1.82) is 0 Å². The molecule has 0 aliphatic carbocycles. The average Bonchev–Trinajstić information content (AvgIpc) is 2.33. The van der Waals surface area contributed by atoms with Crippen LogP contribution in [0.5, 0.6) is 0 Å². The van der Waals surface area contributed by atoms with Crippen LogP contribution in [0.25, 0.3) is 0 Å². The molecule has 1 unspecified atom stereocenters. The maximum atomic E-state index is 13.8. The predicted octanol–water partition coefficient (Wildman–Crippen LogP) is 4.04. The maximum absolute atomic E-state index is 13.8. The summed E-state index contributed by atoms with van der Waals surface area (Å²) in [7, 11) is 0. The molecular weight excluding hydrogens is 251 g/mol. The highest BCUT2D eigenvalue weighted by Gasteiger charge is 2.28. The van der Waals surface area contributed by atoms with E-state index in [-0.39, 0.29) is 5.56 Å². The van der Waals surface area contributed by atoms with Crippen LogP contribution in [0, 0.1) is 12.7 Å². The molecule has 0 amide bonds. The fourth-order valence-electron chi connectivity index (χ4n) is 1.91. The molecular formula is C15H14ClFO. The first-order valence-corrected chi connectivity index (χ1v) is 6.04. The summed E-state index contributed by atoms with van der Waals surface area (Å²) in [5.41, 5.74) is 0.334. The standard InChI is InChI=1S/C15H14ClFO/c1-10-7-8-11(9-13(10)16)15(2,18)12-5-3-4-6-14(12)17/h3-9,18H,1-2H3. The third kappa shape index (κ3) is 2.26. The zero-order valence-electron chi connectivity index (χ0n) is 10.2. The molecule has 1 nitrogen and oxygen atoms in total. The molecule has 0 fully saturated rings. The van der Waals surface area contributed by atoms with Crippen LogP contribution in [0.2, 0.25) is 5.02 Å². The van der Waals surface area contributed by atoms with Gasteiger partial charge < -0.3 is 5.11 Å². The third-order valence-electron chi connectivity index (χ3n) is 3.13. The van der Waals surface area contributed by atoms with Crippen LogP contribution in [-0.2, 0) is 5.60 Å². The van der Waals surface area contributed by atoms with Gasteiger partial charge in [-0.05, 0) is 37.1 Å². The largest absolute Gasteiger partial charge is 0.381 e. The van der Waals surface area contributed by atoms with Crippen LogP contribution < -0.4 is 0 Å². The van der Waals surface area contributed by atoms with Crippen molar-refractivity contribution in [2.45, 2.75) is 19.4 Å². The summed E-state index contributed by atoms with van der Waals surface area (Å²) in [6, 6.07) is 11.4. The fourth-order valence-corrected chi connectivity index (χ4v) is 2.09. The van der Waals surface area contributed by atoms with E-state index in [1.54, 1.807) is 37.3 Å². The Hall–Kier alpha value is -1.38. The summed E-state index contributed by atoms with van der Waals surface area (Å²) in [4.78, 5) is 0. The summed E-state index contributed by atoms with van der Waals surface area (Å²) in [5, 5.41) is 11.1. The van der Waals surface area contributed by atoms with Crippen molar-refractivity contribution < 1.29 is 9.50 Å². The molecule has 0 saturated heterocycles. The number of hydrogen-bond acceptors (Lipinski definition) is 1. The molecule has 0 aliphatic heterocycles. The van der Waals surface area contributed by atoms with Gasteiger partial charge in [0.2, 0.25) is 0 Å². The summed E-state index contributed by atoms with van der Waals surface area (Å²) >= 11 is 6.04. The monoisotopic (exact) mass is 264 g/mol. The highest BCUT2D eigenvalue weighted by molar-refractivity contribution is 6.31. The minimum Gasteiger partial charge on any atom is -0.381 e. The Morgan fingerprint density at radius 3 is 2.44 bits per heavy atom. The minimum atomic E-state index is -1.40. The van der Waals surface area contributed by atoms with Crippen LogP contribution >= 0.6 is 11.6 Å². The predicted molar refractivity (Wildman–Crippen MR) is 71.3 cm³/mol. The Bertz CT molecular complexity index is 578. The van der Waals surface area contributed by atoms with Crippen molar-refractivity contribution in [3.05, 3.63) is 70.0 Å². The van der Waals surface area contributed by atoms with Gasteiger partial charge in [0.15, 0.2) is 0 Å². The number of rotatable bonds is 2. The molecule has 18 heavy (non-hydrogen) atoms. The van der Waals surface area contributed by atoms with E-state index >= 15 is 0 Å². The zero-order valence-corrected chi connectivity index (χ0v) is 11.0. The van der Waals surface area contributed by atoms with Crippen molar-refractivity contribution in [2.75, 3.05) is 0 Å². The lowest BCUT2D eigenvalue weighted by molar-refractivity contribution is 0.0979. The van der Waals surface area contributed by atoms with Gasteiger partial charge in [0.25, 0.3) is 0 Å². The van der Waals surface area contributed by atoms with E-state index in [0.29, 0.717) is 10.6 Å². The maximum Gasteiger partial charge on any atom is 0.129 e. The Morgan fingerprint density at radius 2 is 1.83 bits per heavy atom. The second-order valence-corrected chi connectivity index (χ2v) is 4.92. The Kier molecular flexibility index (Phi) is 3.42. The number of benzene rings is 2. The van der Waals surface area contributed by atoms with Crippen molar-refractivity contribution in [3.8, 4) is 0 Å². The SMILES string of the molecule is Cc1ccc(C(C)(O)c2ccccc2F)cc1Cl. The molecule has 0 radical (unpaired) electrons. The Morgan fingerprint density at radius 1 is 1.17 bits per heavy atom. The molecule has 94 valence electrons. The Labute approximate surface area is 111 Å². The molecule has 3 heteroatoms. The van der Waals surface area contributed by atoms with Crippen molar-refractivity contribution in [2.24, 2.45) is 0 Å². The highest BCUT2D eigenvalue weighted by atomic mass is 35.5. The summed E-state index contributed by atoms with van der Waals surface area (Å²) in [6.07, 6.45) is 0. The van der Waals surface area contributed by atoms with Gasteiger partial charge in [0.1, 0.15) is 11.4 Å². The first kappa shape index (κ1) is 13.1.